The Morgan fingerprint density at radius 1 is 1.14 bits per heavy atom. The van der Waals surface area contributed by atoms with Gasteiger partial charge in [-0.1, -0.05) is 12.1 Å². The molecule has 0 bridgehead atoms. The lowest BCUT2D eigenvalue weighted by Gasteiger charge is -2.26. The smallest absolute Gasteiger partial charge is 0.225 e. The van der Waals surface area contributed by atoms with Crippen LogP contribution in [0.3, 0.4) is 0 Å². The highest BCUT2D eigenvalue weighted by Crippen LogP contribution is 2.26. The van der Waals surface area contributed by atoms with E-state index in [-0.39, 0.29) is 5.75 Å². The maximum Gasteiger partial charge on any atom is 0.225 e. The molecule has 0 spiro atoms. The first-order valence-electron chi connectivity index (χ1n) is 9.33. The number of hydrogen-bond donors (Lipinski definition) is 0. The topological polar surface area (TPSA) is 84.9 Å². The van der Waals surface area contributed by atoms with Crippen LogP contribution < -0.4 is 9.64 Å². The van der Waals surface area contributed by atoms with Gasteiger partial charge in [0.1, 0.15) is 5.75 Å². The largest absolute Gasteiger partial charge is 0.497 e. The first kappa shape index (κ1) is 19.1. The summed E-state index contributed by atoms with van der Waals surface area (Å²) in [7, 11) is -1.77. The maximum atomic E-state index is 12.8. The minimum atomic E-state index is -3.38. The Hall–Kier alpha value is -2.23. The summed E-state index contributed by atoms with van der Waals surface area (Å²) >= 11 is 0. The van der Waals surface area contributed by atoms with Gasteiger partial charge >= 0.3 is 0 Å². The third kappa shape index (κ3) is 4.11. The van der Waals surface area contributed by atoms with Gasteiger partial charge < -0.3 is 14.4 Å². The molecule has 28 heavy (non-hydrogen) atoms. The van der Waals surface area contributed by atoms with Crippen LogP contribution in [0.15, 0.2) is 30.5 Å². The molecule has 0 unspecified atom stereocenters. The van der Waals surface area contributed by atoms with Crippen LogP contribution in [0.4, 0.5) is 5.95 Å². The molecule has 1 fully saturated rings. The van der Waals surface area contributed by atoms with E-state index >= 15 is 0 Å². The number of methoxy groups -OCH3 is 1. The van der Waals surface area contributed by atoms with E-state index in [2.05, 4.69) is 14.9 Å². The quantitative estimate of drug-likeness (QED) is 0.715. The van der Waals surface area contributed by atoms with Gasteiger partial charge in [0.2, 0.25) is 16.0 Å². The highest BCUT2D eigenvalue weighted by Gasteiger charge is 2.31. The molecular weight excluding hydrogens is 380 g/mol. The number of benzene rings is 1. The average Bonchev–Trinajstić information content (AvgIpc) is 3.18. The summed E-state index contributed by atoms with van der Waals surface area (Å²) in [5.41, 5.74) is 2.64. The molecule has 2 aliphatic heterocycles. The van der Waals surface area contributed by atoms with Gasteiger partial charge in [-0.05, 0) is 24.1 Å². The van der Waals surface area contributed by atoms with Crippen LogP contribution in [0, 0.1) is 0 Å². The number of sulfonamides is 1. The number of morpholine rings is 1. The third-order valence-electron chi connectivity index (χ3n) is 5.11. The van der Waals surface area contributed by atoms with Crippen LogP contribution in [0.1, 0.15) is 16.8 Å². The van der Waals surface area contributed by atoms with Crippen molar-refractivity contribution in [2.75, 3.05) is 44.1 Å². The molecule has 0 radical (unpaired) electrons. The molecule has 0 saturated carbocycles. The summed E-state index contributed by atoms with van der Waals surface area (Å²) in [5.74, 6) is 1.48. The Balaban J connectivity index is 1.40. The van der Waals surface area contributed by atoms with E-state index in [9.17, 15) is 8.42 Å². The first-order chi connectivity index (χ1) is 13.5. The highest BCUT2D eigenvalue weighted by molar-refractivity contribution is 7.89. The Morgan fingerprint density at radius 2 is 1.89 bits per heavy atom. The van der Waals surface area contributed by atoms with Crippen molar-refractivity contribution in [3.05, 3.63) is 47.3 Å². The zero-order chi connectivity index (χ0) is 19.6. The Morgan fingerprint density at radius 3 is 2.61 bits per heavy atom. The van der Waals surface area contributed by atoms with Gasteiger partial charge in [0, 0.05) is 31.4 Å². The summed E-state index contributed by atoms with van der Waals surface area (Å²) in [6.45, 7) is 3.47. The second kappa shape index (κ2) is 8.02. The lowest BCUT2D eigenvalue weighted by atomic mass is 10.2. The number of rotatable bonds is 6. The summed E-state index contributed by atoms with van der Waals surface area (Å²) in [6.07, 6.45) is 2.22. The highest BCUT2D eigenvalue weighted by atomic mass is 32.2. The minimum absolute atomic E-state index is 0.0665. The molecule has 9 heteroatoms. The molecule has 0 atom stereocenters. The zero-order valence-electron chi connectivity index (χ0n) is 15.9. The van der Waals surface area contributed by atoms with Gasteiger partial charge in [0.05, 0.1) is 38.3 Å². The van der Waals surface area contributed by atoms with E-state index in [1.165, 1.54) is 4.31 Å². The van der Waals surface area contributed by atoms with Crippen LogP contribution in [-0.4, -0.2) is 61.9 Å². The van der Waals surface area contributed by atoms with Crippen LogP contribution in [0.25, 0.3) is 0 Å². The fourth-order valence-electron chi connectivity index (χ4n) is 3.39. The van der Waals surface area contributed by atoms with E-state index in [0.717, 1.165) is 35.7 Å². The van der Waals surface area contributed by atoms with Gasteiger partial charge in [-0.15, -0.1) is 0 Å². The predicted molar refractivity (Wildman–Crippen MR) is 105 cm³/mol. The Bertz CT molecular complexity index is 927. The van der Waals surface area contributed by atoms with E-state index in [1.807, 2.05) is 24.3 Å². The van der Waals surface area contributed by atoms with Crippen LogP contribution in [-0.2, 0) is 34.3 Å². The fourth-order valence-corrected chi connectivity index (χ4v) is 4.80. The van der Waals surface area contributed by atoms with Crippen molar-refractivity contribution in [3.8, 4) is 5.75 Å². The zero-order valence-corrected chi connectivity index (χ0v) is 16.7. The number of ether oxygens (including phenoxy) is 2. The fraction of sp³-hybridized carbons (Fsp3) is 0.474. The van der Waals surface area contributed by atoms with Crippen LogP contribution in [0.2, 0.25) is 0 Å². The van der Waals surface area contributed by atoms with Crippen molar-refractivity contribution < 1.29 is 17.9 Å². The molecule has 0 aliphatic carbocycles. The minimum Gasteiger partial charge on any atom is -0.497 e. The van der Waals surface area contributed by atoms with Gasteiger partial charge in [0.15, 0.2) is 0 Å². The summed E-state index contributed by atoms with van der Waals surface area (Å²) in [6, 6.07) is 7.48. The number of hydrogen-bond acceptors (Lipinski definition) is 7. The van der Waals surface area contributed by atoms with Gasteiger partial charge in [0.25, 0.3) is 0 Å². The van der Waals surface area contributed by atoms with Crippen molar-refractivity contribution in [2.45, 2.75) is 19.5 Å². The van der Waals surface area contributed by atoms with Crippen molar-refractivity contribution in [2.24, 2.45) is 0 Å². The van der Waals surface area contributed by atoms with Gasteiger partial charge in [-0.25, -0.2) is 18.4 Å². The summed E-state index contributed by atoms with van der Waals surface area (Å²) < 4.78 is 37.6. The average molecular weight is 404 g/mol. The monoisotopic (exact) mass is 404 g/mol. The van der Waals surface area contributed by atoms with E-state index < -0.39 is 10.0 Å². The molecular formula is C19H24N4O4S. The second-order valence-corrected chi connectivity index (χ2v) is 9.01. The molecule has 0 N–H and O–H groups in total. The van der Waals surface area contributed by atoms with E-state index in [1.54, 1.807) is 13.3 Å². The first-order valence-corrected chi connectivity index (χ1v) is 10.9. The summed E-state index contributed by atoms with van der Waals surface area (Å²) in [4.78, 5) is 11.1. The number of aryl methyl sites for hydroxylation is 1. The van der Waals surface area contributed by atoms with Crippen LogP contribution >= 0.6 is 0 Å². The number of fused-ring (bicyclic) bond motifs is 1. The lowest BCUT2D eigenvalue weighted by Crippen LogP contribution is -2.37. The summed E-state index contributed by atoms with van der Waals surface area (Å²) in [5, 5.41) is 0. The molecule has 2 aliphatic rings. The molecule has 2 aromatic rings. The van der Waals surface area contributed by atoms with E-state index in [0.29, 0.717) is 38.7 Å². The SMILES string of the molecule is COc1ccc(CCS(=O)(=O)N2Cc3cnc(N4CCOCC4)nc3C2)cc1. The second-order valence-electron chi connectivity index (χ2n) is 6.92. The standard InChI is InChI=1S/C19H24N4O4S/c1-26-17-4-2-15(3-5-17)6-11-28(24,25)23-13-16-12-20-19(21-18(16)14-23)22-7-9-27-10-8-22/h2-5,12H,6-11,13-14H2,1H3. The molecule has 1 saturated heterocycles. The van der Waals surface area contributed by atoms with Crippen molar-refractivity contribution >= 4 is 16.0 Å². The molecule has 3 heterocycles. The predicted octanol–water partition coefficient (Wildman–Crippen LogP) is 1.21. The van der Waals surface area contributed by atoms with Gasteiger partial charge in [-0.3, -0.25) is 0 Å². The van der Waals surface area contributed by atoms with Crippen LogP contribution in [0.5, 0.6) is 5.75 Å². The number of anilines is 1. The van der Waals surface area contributed by atoms with E-state index in [4.69, 9.17) is 9.47 Å². The molecule has 1 aromatic carbocycles. The molecule has 4 rings (SSSR count). The lowest BCUT2D eigenvalue weighted by molar-refractivity contribution is 0.122. The maximum absolute atomic E-state index is 12.8. The number of nitrogens with zero attached hydrogens (tertiary/aromatic N) is 4. The van der Waals surface area contributed by atoms with Crippen molar-refractivity contribution in [1.82, 2.24) is 14.3 Å². The molecule has 1 aromatic heterocycles. The molecule has 150 valence electrons. The molecule has 8 nitrogen and oxygen atoms in total. The Kier molecular flexibility index (Phi) is 5.47. The normalized spacial score (nSPS) is 17.5. The molecule has 0 amide bonds. The van der Waals surface area contributed by atoms with Crippen molar-refractivity contribution in [3.63, 3.8) is 0 Å². The van der Waals surface area contributed by atoms with Gasteiger partial charge in [-0.2, -0.15) is 4.31 Å². The third-order valence-corrected chi connectivity index (χ3v) is 6.87. The Labute approximate surface area is 165 Å². The van der Waals surface area contributed by atoms with Crippen molar-refractivity contribution in [1.29, 1.82) is 0 Å². The number of aromatic nitrogens is 2.